The van der Waals surface area contributed by atoms with E-state index in [1.807, 2.05) is 37.3 Å². The predicted octanol–water partition coefficient (Wildman–Crippen LogP) is 2.28. The highest BCUT2D eigenvalue weighted by molar-refractivity contribution is 7.99. The second-order valence-electron chi connectivity index (χ2n) is 5.09. The van der Waals surface area contributed by atoms with Crippen molar-refractivity contribution in [1.82, 2.24) is 14.7 Å². The van der Waals surface area contributed by atoms with Crippen molar-refractivity contribution in [3.63, 3.8) is 0 Å². The van der Waals surface area contributed by atoms with E-state index in [9.17, 15) is 4.79 Å². The van der Waals surface area contributed by atoms with Crippen molar-refractivity contribution in [3.05, 3.63) is 16.4 Å². The van der Waals surface area contributed by atoms with Gasteiger partial charge >= 0.3 is 0 Å². The SMILES string of the molecule is CCc1nn(CC)c(CC(=O)C2CSCCN2C)c1Cl. The van der Waals surface area contributed by atoms with Crippen molar-refractivity contribution < 1.29 is 4.79 Å². The first kappa shape index (κ1) is 15.9. The molecule has 0 N–H and O–H groups in total. The topological polar surface area (TPSA) is 38.1 Å². The zero-order valence-electron chi connectivity index (χ0n) is 12.4. The molecular formula is C14H22ClN3OS. The summed E-state index contributed by atoms with van der Waals surface area (Å²) in [6, 6.07) is 0.00935. The molecule has 0 bridgehead atoms. The van der Waals surface area contributed by atoms with E-state index in [0.717, 1.165) is 42.4 Å². The van der Waals surface area contributed by atoms with Crippen LogP contribution in [0.3, 0.4) is 0 Å². The lowest BCUT2D eigenvalue weighted by Crippen LogP contribution is -2.45. The number of hydrogen-bond donors (Lipinski definition) is 0. The Labute approximate surface area is 129 Å². The molecular weight excluding hydrogens is 294 g/mol. The summed E-state index contributed by atoms with van der Waals surface area (Å²) in [6.07, 6.45) is 1.18. The lowest BCUT2D eigenvalue weighted by Gasteiger charge is -2.30. The van der Waals surface area contributed by atoms with Crippen molar-refractivity contribution in [3.8, 4) is 0 Å². The minimum atomic E-state index is 0.00935. The molecule has 0 amide bonds. The van der Waals surface area contributed by atoms with Crippen LogP contribution in [-0.4, -0.2) is 51.6 Å². The monoisotopic (exact) mass is 315 g/mol. The molecule has 112 valence electrons. The van der Waals surface area contributed by atoms with E-state index >= 15 is 0 Å². The number of aryl methyl sites for hydroxylation is 2. The van der Waals surface area contributed by atoms with Crippen LogP contribution in [0, 0.1) is 0 Å². The number of rotatable bonds is 5. The molecule has 0 aromatic carbocycles. The van der Waals surface area contributed by atoms with E-state index in [-0.39, 0.29) is 11.8 Å². The number of Topliss-reactive ketones (excluding diaryl/α,β-unsaturated/α-hetero) is 1. The van der Waals surface area contributed by atoms with Crippen molar-refractivity contribution in [2.45, 2.75) is 39.3 Å². The van der Waals surface area contributed by atoms with Crippen LogP contribution in [0.2, 0.25) is 5.02 Å². The Hall–Kier alpha value is -0.520. The number of likely N-dealkylation sites (N-methyl/N-ethyl adjacent to an activating group) is 1. The number of carbonyl (C=O) groups excluding carboxylic acids is 1. The van der Waals surface area contributed by atoms with E-state index < -0.39 is 0 Å². The molecule has 1 aromatic rings. The quantitative estimate of drug-likeness (QED) is 0.835. The van der Waals surface area contributed by atoms with Gasteiger partial charge in [0.2, 0.25) is 0 Å². The molecule has 0 saturated carbocycles. The van der Waals surface area contributed by atoms with Crippen LogP contribution < -0.4 is 0 Å². The van der Waals surface area contributed by atoms with Gasteiger partial charge in [-0.3, -0.25) is 14.4 Å². The largest absolute Gasteiger partial charge is 0.297 e. The zero-order valence-corrected chi connectivity index (χ0v) is 13.9. The van der Waals surface area contributed by atoms with Crippen LogP contribution in [0.25, 0.3) is 0 Å². The fraction of sp³-hybridized carbons (Fsp3) is 0.714. The van der Waals surface area contributed by atoms with Gasteiger partial charge in [-0.15, -0.1) is 0 Å². The first-order valence-corrected chi connectivity index (χ1v) is 8.66. The summed E-state index contributed by atoms with van der Waals surface area (Å²) >= 11 is 8.23. The number of nitrogens with zero attached hydrogens (tertiary/aromatic N) is 3. The van der Waals surface area contributed by atoms with Gasteiger partial charge < -0.3 is 0 Å². The maximum Gasteiger partial charge on any atom is 0.156 e. The van der Waals surface area contributed by atoms with E-state index in [2.05, 4.69) is 10.00 Å². The van der Waals surface area contributed by atoms with Gasteiger partial charge in [-0.25, -0.2) is 0 Å². The first-order chi connectivity index (χ1) is 9.58. The average molecular weight is 316 g/mol. The molecule has 0 spiro atoms. The summed E-state index contributed by atoms with van der Waals surface area (Å²) in [5.41, 5.74) is 1.77. The summed E-state index contributed by atoms with van der Waals surface area (Å²) in [5, 5.41) is 5.15. The minimum Gasteiger partial charge on any atom is -0.297 e. The predicted molar refractivity (Wildman–Crippen MR) is 84.7 cm³/mol. The van der Waals surface area contributed by atoms with Gasteiger partial charge in [0.1, 0.15) is 0 Å². The Morgan fingerprint density at radius 2 is 2.25 bits per heavy atom. The fourth-order valence-corrected chi connectivity index (χ4v) is 4.08. The number of carbonyl (C=O) groups is 1. The molecule has 1 fully saturated rings. The number of hydrogen-bond acceptors (Lipinski definition) is 4. The summed E-state index contributed by atoms with van der Waals surface area (Å²) < 4.78 is 1.87. The zero-order chi connectivity index (χ0) is 14.7. The molecule has 0 aliphatic carbocycles. The highest BCUT2D eigenvalue weighted by Crippen LogP contribution is 2.24. The second-order valence-corrected chi connectivity index (χ2v) is 6.62. The number of halogens is 1. The summed E-state index contributed by atoms with van der Waals surface area (Å²) in [6.45, 7) is 5.78. The normalized spacial score (nSPS) is 20.3. The summed E-state index contributed by atoms with van der Waals surface area (Å²) in [4.78, 5) is 14.7. The van der Waals surface area contributed by atoms with Gasteiger partial charge in [-0.2, -0.15) is 16.9 Å². The van der Waals surface area contributed by atoms with Gasteiger partial charge in [0.25, 0.3) is 0 Å². The van der Waals surface area contributed by atoms with Crippen LogP contribution >= 0.6 is 23.4 Å². The minimum absolute atomic E-state index is 0.00935. The Kier molecular flexibility index (Phi) is 5.52. The molecule has 1 aromatic heterocycles. The molecule has 1 saturated heterocycles. The van der Waals surface area contributed by atoms with Crippen molar-refractivity contribution in [2.75, 3.05) is 25.1 Å². The third kappa shape index (κ3) is 3.21. The maximum absolute atomic E-state index is 12.5. The molecule has 2 rings (SSSR count). The standard InChI is InChI=1S/C14H22ClN3OS/c1-4-10-14(15)11(18(5-2)16-10)8-13(19)12-9-20-7-6-17(12)3/h12H,4-9H2,1-3H3. The van der Waals surface area contributed by atoms with Crippen molar-refractivity contribution >= 4 is 29.1 Å². The van der Waals surface area contributed by atoms with Gasteiger partial charge in [0.15, 0.2) is 5.78 Å². The lowest BCUT2D eigenvalue weighted by molar-refractivity contribution is -0.122. The third-order valence-electron chi connectivity index (χ3n) is 3.80. The number of aromatic nitrogens is 2. The van der Waals surface area contributed by atoms with E-state index in [1.165, 1.54) is 0 Å². The summed E-state index contributed by atoms with van der Waals surface area (Å²) in [5.74, 6) is 2.24. The molecule has 1 aliphatic rings. The maximum atomic E-state index is 12.5. The highest BCUT2D eigenvalue weighted by atomic mass is 35.5. The Balaban J connectivity index is 2.16. The van der Waals surface area contributed by atoms with Gasteiger partial charge in [-0.1, -0.05) is 18.5 Å². The lowest BCUT2D eigenvalue weighted by atomic mass is 10.1. The molecule has 6 heteroatoms. The Bertz CT molecular complexity index is 489. The molecule has 0 radical (unpaired) electrons. The van der Waals surface area contributed by atoms with Crippen LogP contribution in [0.15, 0.2) is 0 Å². The van der Waals surface area contributed by atoms with Crippen LogP contribution in [0.1, 0.15) is 25.2 Å². The van der Waals surface area contributed by atoms with Crippen molar-refractivity contribution in [2.24, 2.45) is 0 Å². The smallest absolute Gasteiger partial charge is 0.156 e. The van der Waals surface area contributed by atoms with E-state index in [4.69, 9.17) is 11.6 Å². The first-order valence-electron chi connectivity index (χ1n) is 7.13. The molecule has 20 heavy (non-hydrogen) atoms. The summed E-state index contributed by atoms with van der Waals surface area (Å²) in [7, 11) is 2.03. The van der Waals surface area contributed by atoms with E-state index in [0.29, 0.717) is 11.4 Å². The fourth-order valence-electron chi connectivity index (χ4n) is 2.49. The Morgan fingerprint density at radius 3 is 2.85 bits per heavy atom. The Morgan fingerprint density at radius 1 is 1.50 bits per heavy atom. The van der Waals surface area contributed by atoms with Crippen LogP contribution in [-0.2, 0) is 24.2 Å². The molecule has 1 unspecified atom stereocenters. The highest BCUT2D eigenvalue weighted by Gasteiger charge is 2.28. The van der Waals surface area contributed by atoms with Crippen LogP contribution in [0.4, 0.5) is 0 Å². The molecule has 4 nitrogen and oxygen atoms in total. The van der Waals surface area contributed by atoms with E-state index in [1.54, 1.807) is 0 Å². The molecule has 1 aliphatic heterocycles. The molecule has 2 heterocycles. The van der Waals surface area contributed by atoms with Gasteiger partial charge in [-0.05, 0) is 20.4 Å². The average Bonchev–Trinajstić information content (AvgIpc) is 2.75. The van der Waals surface area contributed by atoms with Gasteiger partial charge in [0.05, 0.1) is 28.9 Å². The number of thioether (sulfide) groups is 1. The second kappa shape index (κ2) is 6.96. The third-order valence-corrected chi connectivity index (χ3v) is 5.26. The van der Waals surface area contributed by atoms with Crippen molar-refractivity contribution in [1.29, 1.82) is 0 Å². The van der Waals surface area contributed by atoms with Crippen LogP contribution in [0.5, 0.6) is 0 Å². The molecule has 1 atom stereocenters. The van der Waals surface area contributed by atoms with Gasteiger partial charge in [0, 0.05) is 24.6 Å². The number of ketones is 1.